The van der Waals surface area contributed by atoms with Crippen LogP contribution >= 0.6 is 0 Å². The van der Waals surface area contributed by atoms with Gasteiger partial charge in [0.05, 0.1) is 0 Å². The Balaban J connectivity index is 1.88. The topological polar surface area (TPSA) is 104 Å². The number of aromatic amines is 1. The molecule has 1 aliphatic heterocycles. The molecule has 28 heavy (non-hydrogen) atoms. The summed E-state index contributed by atoms with van der Waals surface area (Å²) in [4.78, 5) is 40.8. The molecule has 3 rings (SSSR count). The average molecular weight is 389 g/mol. The van der Waals surface area contributed by atoms with Crippen LogP contribution < -0.4 is 16.0 Å². The lowest BCUT2D eigenvalue weighted by atomic mass is 10.1. The van der Waals surface area contributed by atoms with E-state index < -0.39 is 11.2 Å². The van der Waals surface area contributed by atoms with Gasteiger partial charge in [0.15, 0.2) is 0 Å². The molecule has 0 atom stereocenters. The van der Waals surface area contributed by atoms with Gasteiger partial charge in [0, 0.05) is 38.7 Å². The van der Waals surface area contributed by atoms with Gasteiger partial charge in [0.1, 0.15) is 11.2 Å². The highest BCUT2D eigenvalue weighted by Gasteiger charge is 2.18. The molecule has 9 heteroatoms. The fourth-order valence-electron chi connectivity index (χ4n) is 3.21. The average Bonchev–Trinajstić information content (AvgIpc) is 2.68. The maximum atomic E-state index is 12.4. The van der Waals surface area contributed by atoms with Crippen molar-refractivity contribution in [2.75, 3.05) is 33.2 Å². The highest BCUT2D eigenvalue weighted by Crippen LogP contribution is 2.14. The van der Waals surface area contributed by atoms with Crippen LogP contribution in [0.25, 0.3) is 11.1 Å². The van der Waals surface area contributed by atoms with E-state index in [1.165, 1.54) is 6.07 Å². The Morgan fingerprint density at radius 2 is 2.04 bits per heavy atom. The number of likely N-dealkylation sites (N-methyl/N-ethyl adjacent to an activating group) is 1. The van der Waals surface area contributed by atoms with Crippen molar-refractivity contribution in [1.29, 1.82) is 0 Å². The Bertz CT molecular complexity index is 957. The minimum atomic E-state index is -0.544. The zero-order chi connectivity index (χ0) is 20.1. The summed E-state index contributed by atoms with van der Waals surface area (Å²) in [5.74, 6) is 0.835. The number of nitrogens with zero attached hydrogens (tertiary/aromatic N) is 4. The second kappa shape index (κ2) is 9.01. The first-order valence-electron chi connectivity index (χ1n) is 9.76. The number of unbranched alkanes of at least 4 members (excludes halogenated alkanes) is 1. The van der Waals surface area contributed by atoms with Crippen molar-refractivity contribution in [2.24, 2.45) is 5.16 Å². The Morgan fingerprint density at radius 1 is 1.29 bits per heavy atom. The molecule has 1 aliphatic rings. The zero-order valence-corrected chi connectivity index (χ0v) is 16.7. The summed E-state index contributed by atoms with van der Waals surface area (Å²) in [6.07, 6.45) is 3.34. The summed E-state index contributed by atoms with van der Waals surface area (Å²) in [5.41, 5.74) is -0.396. The monoisotopic (exact) mass is 389 g/mol. The molecule has 3 heterocycles. The highest BCUT2D eigenvalue weighted by atomic mass is 16.6. The predicted octanol–water partition coefficient (Wildman–Crippen LogP) is 1.57. The van der Waals surface area contributed by atoms with Gasteiger partial charge in [-0.1, -0.05) is 25.4 Å². The van der Waals surface area contributed by atoms with Crippen LogP contribution in [0.1, 0.15) is 38.7 Å². The number of fused-ring (bicyclic) bond motifs is 1. The van der Waals surface area contributed by atoms with E-state index in [9.17, 15) is 9.59 Å². The van der Waals surface area contributed by atoms with E-state index in [0.29, 0.717) is 12.0 Å². The standard InChI is InChI=1S/C19H27N5O4/c1-4-6-7-14(24-10-8-23(3)9-11-24)22-28-19-20-17(26)16-13(5-2)12-15(25)27-18(16)21-19/h12H,4-11H2,1-3H3,(H,20,21,26)/b22-14+. The third-order valence-electron chi connectivity index (χ3n) is 4.92. The molecular weight excluding hydrogens is 362 g/mol. The van der Waals surface area contributed by atoms with E-state index in [4.69, 9.17) is 9.25 Å². The second-order valence-electron chi connectivity index (χ2n) is 6.99. The summed E-state index contributed by atoms with van der Waals surface area (Å²) in [7, 11) is 2.10. The van der Waals surface area contributed by atoms with Crippen molar-refractivity contribution in [1.82, 2.24) is 19.8 Å². The molecule has 0 aliphatic carbocycles. The first kappa shape index (κ1) is 20.1. The van der Waals surface area contributed by atoms with Gasteiger partial charge in [0.2, 0.25) is 5.71 Å². The summed E-state index contributed by atoms with van der Waals surface area (Å²) < 4.78 is 5.09. The van der Waals surface area contributed by atoms with Gasteiger partial charge in [-0.2, -0.15) is 4.98 Å². The first-order valence-corrected chi connectivity index (χ1v) is 9.76. The fourth-order valence-corrected chi connectivity index (χ4v) is 3.21. The van der Waals surface area contributed by atoms with Crippen LogP contribution in [0.15, 0.2) is 25.2 Å². The van der Waals surface area contributed by atoms with Crippen LogP contribution in [0.4, 0.5) is 0 Å². The largest absolute Gasteiger partial charge is 0.403 e. The Labute approximate surface area is 163 Å². The van der Waals surface area contributed by atoms with E-state index in [0.717, 1.165) is 51.3 Å². The van der Waals surface area contributed by atoms with Crippen LogP contribution in [0.3, 0.4) is 0 Å². The Hall–Kier alpha value is -2.68. The fraction of sp³-hybridized carbons (Fsp3) is 0.579. The number of aromatic nitrogens is 2. The summed E-state index contributed by atoms with van der Waals surface area (Å²) in [6.45, 7) is 7.65. The molecule has 0 bridgehead atoms. The SMILES string of the molecule is CCCC/C(=N\Oc1nc2oc(=O)cc(CC)c2c(=O)[nH]1)N1CCN(C)CC1. The molecular formula is C19H27N5O4. The lowest BCUT2D eigenvalue weighted by Crippen LogP contribution is -2.47. The van der Waals surface area contributed by atoms with Gasteiger partial charge < -0.3 is 19.1 Å². The van der Waals surface area contributed by atoms with Crippen LogP contribution in [0.2, 0.25) is 0 Å². The predicted molar refractivity (Wildman–Crippen MR) is 107 cm³/mol. The van der Waals surface area contributed by atoms with E-state index in [-0.39, 0.29) is 17.1 Å². The van der Waals surface area contributed by atoms with Crippen molar-refractivity contribution < 1.29 is 9.25 Å². The van der Waals surface area contributed by atoms with Gasteiger partial charge in [-0.05, 0) is 25.5 Å². The van der Waals surface area contributed by atoms with Crippen LogP contribution in [-0.2, 0) is 6.42 Å². The molecule has 2 aromatic heterocycles. The van der Waals surface area contributed by atoms with Crippen molar-refractivity contribution in [3.05, 3.63) is 32.4 Å². The third kappa shape index (κ3) is 4.59. The van der Waals surface area contributed by atoms with Gasteiger partial charge in [-0.25, -0.2) is 4.79 Å². The van der Waals surface area contributed by atoms with Gasteiger partial charge in [0.25, 0.3) is 5.56 Å². The number of H-pyrrole nitrogens is 1. The molecule has 1 N–H and O–H groups in total. The molecule has 0 spiro atoms. The number of hydrogen-bond donors (Lipinski definition) is 1. The number of aryl methyl sites for hydroxylation is 1. The van der Waals surface area contributed by atoms with Crippen molar-refractivity contribution >= 4 is 16.9 Å². The van der Waals surface area contributed by atoms with Crippen LogP contribution in [0.5, 0.6) is 6.01 Å². The number of piperazine rings is 1. The van der Waals surface area contributed by atoms with Crippen molar-refractivity contribution in [3.63, 3.8) is 0 Å². The van der Waals surface area contributed by atoms with Gasteiger partial charge in [-0.15, -0.1) is 0 Å². The summed E-state index contributed by atoms with van der Waals surface area (Å²) >= 11 is 0. The van der Waals surface area contributed by atoms with E-state index in [1.54, 1.807) is 0 Å². The lowest BCUT2D eigenvalue weighted by molar-refractivity contribution is 0.205. The smallest absolute Gasteiger partial charge is 0.337 e. The number of nitrogens with one attached hydrogen (secondary N) is 1. The molecule has 9 nitrogen and oxygen atoms in total. The third-order valence-corrected chi connectivity index (χ3v) is 4.92. The molecule has 0 saturated carbocycles. The van der Waals surface area contributed by atoms with Crippen molar-refractivity contribution in [3.8, 4) is 6.01 Å². The molecule has 152 valence electrons. The van der Waals surface area contributed by atoms with E-state index in [2.05, 4.69) is 38.9 Å². The Kier molecular flexibility index (Phi) is 6.45. The molecule has 0 amide bonds. The summed E-state index contributed by atoms with van der Waals surface area (Å²) in [6, 6.07) is 1.23. The number of hydrogen-bond acceptors (Lipinski definition) is 7. The van der Waals surface area contributed by atoms with Crippen LogP contribution in [-0.4, -0.2) is 58.8 Å². The Morgan fingerprint density at radius 3 is 2.71 bits per heavy atom. The van der Waals surface area contributed by atoms with Crippen molar-refractivity contribution in [2.45, 2.75) is 39.5 Å². The molecule has 2 aromatic rings. The normalized spacial score (nSPS) is 16.0. The maximum Gasteiger partial charge on any atom is 0.337 e. The minimum Gasteiger partial charge on any atom is -0.403 e. The first-order chi connectivity index (χ1) is 13.5. The molecule has 0 unspecified atom stereocenters. The number of amidine groups is 1. The number of oxime groups is 1. The molecule has 1 fully saturated rings. The number of rotatable bonds is 6. The highest BCUT2D eigenvalue weighted by molar-refractivity contribution is 5.82. The quantitative estimate of drug-likeness (QED) is 0.454. The van der Waals surface area contributed by atoms with E-state index >= 15 is 0 Å². The van der Waals surface area contributed by atoms with Gasteiger partial charge >= 0.3 is 11.6 Å². The molecule has 0 radical (unpaired) electrons. The second-order valence-corrected chi connectivity index (χ2v) is 6.99. The lowest BCUT2D eigenvalue weighted by Gasteiger charge is -2.34. The van der Waals surface area contributed by atoms with Gasteiger partial charge in [-0.3, -0.25) is 9.78 Å². The maximum absolute atomic E-state index is 12.4. The minimum absolute atomic E-state index is 0.0343. The molecule has 0 aromatic carbocycles. The zero-order valence-electron chi connectivity index (χ0n) is 16.7. The summed E-state index contributed by atoms with van der Waals surface area (Å²) in [5, 5.41) is 4.53. The van der Waals surface area contributed by atoms with E-state index in [1.807, 2.05) is 6.92 Å². The molecule has 1 saturated heterocycles. The van der Waals surface area contributed by atoms with Crippen LogP contribution in [0, 0.1) is 0 Å².